The number of benzene rings is 3. The summed E-state index contributed by atoms with van der Waals surface area (Å²) in [5.41, 5.74) is 3.10. The fourth-order valence-corrected chi connectivity index (χ4v) is 6.43. The Balaban J connectivity index is 1.28. The van der Waals surface area contributed by atoms with Crippen molar-refractivity contribution in [3.63, 3.8) is 0 Å². The van der Waals surface area contributed by atoms with E-state index < -0.39 is 12.0 Å². The van der Waals surface area contributed by atoms with Gasteiger partial charge in [0.1, 0.15) is 19.0 Å². The topological polar surface area (TPSA) is 105 Å². The molecule has 3 aromatic rings. The van der Waals surface area contributed by atoms with Gasteiger partial charge in [-0.05, 0) is 80.2 Å². The molecule has 2 amide bonds. The molecule has 0 radical (unpaired) electrons. The molecule has 8 heteroatoms. The van der Waals surface area contributed by atoms with Crippen LogP contribution in [0.1, 0.15) is 61.6 Å². The monoisotopic (exact) mass is 680 g/mol. The van der Waals surface area contributed by atoms with Gasteiger partial charge in [-0.15, -0.1) is 13.2 Å². The molecule has 266 valence electrons. The number of hydrogen-bond donors (Lipinski definition) is 2. The highest BCUT2D eigenvalue weighted by molar-refractivity contribution is 5.86. The molecule has 2 N–H and O–H groups in total. The van der Waals surface area contributed by atoms with E-state index in [1.165, 1.54) is 0 Å². The molecule has 1 heterocycles. The Hall–Kier alpha value is -4.69. The van der Waals surface area contributed by atoms with E-state index in [0.717, 1.165) is 48.1 Å². The van der Waals surface area contributed by atoms with Crippen molar-refractivity contribution < 1.29 is 29.0 Å². The number of aliphatic hydroxyl groups excluding tert-OH is 1. The summed E-state index contributed by atoms with van der Waals surface area (Å²) >= 11 is 0. The molecule has 0 bridgehead atoms. The van der Waals surface area contributed by atoms with E-state index in [4.69, 9.17) is 9.47 Å². The minimum atomic E-state index is -0.603. The number of carbonyl (C=O) groups excluding carboxylic acids is 3. The van der Waals surface area contributed by atoms with Crippen LogP contribution in [0.3, 0.4) is 0 Å². The number of ether oxygens (including phenoxy) is 2. The molecule has 1 saturated heterocycles. The van der Waals surface area contributed by atoms with E-state index in [1.807, 2.05) is 91.0 Å². The maximum Gasteiger partial charge on any atom is 0.309 e. The van der Waals surface area contributed by atoms with Crippen LogP contribution in [0.4, 0.5) is 0 Å². The third-order valence-corrected chi connectivity index (χ3v) is 9.17. The summed E-state index contributed by atoms with van der Waals surface area (Å²) < 4.78 is 11.7. The molecular weight excluding hydrogens is 628 g/mol. The Morgan fingerprint density at radius 2 is 1.56 bits per heavy atom. The molecule has 50 heavy (non-hydrogen) atoms. The second kappa shape index (κ2) is 20.7. The number of nitrogens with zero attached hydrogens (tertiary/aromatic N) is 1. The maximum absolute atomic E-state index is 13.8. The van der Waals surface area contributed by atoms with Crippen molar-refractivity contribution in [3.8, 4) is 5.75 Å². The van der Waals surface area contributed by atoms with E-state index in [1.54, 1.807) is 11.0 Å². The highest BCUT2D eigenvalue weighted by Gasteiger charge is 2.35. The Morgan fingerprint density at radius 3 is 2.22 bits per heavy atom. The smallest absolute Gasteiger partial charge is 0.309 e. The van der Waals surface area contributed by atoms with Gasteiger partial charge >= 0.3 is 5.97 Å². The molecular formula is C42H52N2O6. The van der Waals surface area contributed by atoms with Gasteiger partial charge in [0.15, 0.2) is 0 Å². The number of esters is 1. The molecule has 3 aromatic carbocycles. The molecule has 0 saturated carbocycles. The fourth-order valence-electron chi connectivity index (χ4n) is 6.43. The van der Waals surface area contributed by atoms with Gasteiger partial charge in [0.05, 0.1) is 30.5 Å². The molecule has 1 aliphatic heterocycles. The first-order valence-corrected chi connectivity index (χ1v) is 17.8. The van der Waals surface area contributed by atoms with Crippen molar-refractivity contribution in [2.45, 2.75) is 76.5 Å². The van der Waals surface area contributed by atoms with Crippen LogP contribution in [0, 0.1) is 11.8 Å². The van der Waals surface area contributed by atoms with Crippen LogP contribution in [-0.4, -0.2) is 59.6 Å². The number of amides is 2. The van der Waals surface area contributed by atoms with Crippen molar-refractivity contribution in [3.05, 3.63) is 127 Å². The van der Waals surface area contributed by atoms with E-state index in [2.05, 4.69) is 18.5 Å². The molecule has 0 aromatic heterocycles. The Kier molecular flexibility index (Phi) is 15.8. The Bertz CT molecular complexity index is 1490. The lowest BCUT2D eigenvalue weighted by Crippen LogP contribution is -2.45. The minimum absolute atomic E-state index is 0.0287. The first-order chi connectivity index (χ1) is 24.4. The van der Waals surface area contributed by atoms with Gasteiger partial charge in [0.2, 0.25) is 11.8 Å². The van der Waals surface area contributed by atoms with E-state index in [9.17, 15) is 19.5 Å². The summed E-state index contributed by atoms with van der Waals surface area (Å²) in [6.07, 6.45) is 8.77. The van der Waals surface area contributed by atoms with Gasteiger partial charge in [-0.2, -0.15) is 0 Å². The highest BCUT2D eigenvalue weighted by atomic mass is 16.5. The largest absolute Gasteiger partial charge is 0.489 e. The van der Waals surface area contributed by atoms with Gasteiger partial charge in [0.25, 0.3) is 0 Å². The molecule has 0 unspecified atom stereocenters. The van der Waals surface area contributed by atoms with Gasteiger partial charge in [-0.3, -0.25) is 14.4 Å². The van der Waals surface area contributed by atoms with Crippen molar-refractivity contribution >= 4 is 17.8 Å². The number of rotatable bonds is 21. The average Bonchev–Trinajstić information content (AvgIpc) is 3.62. The number of aliphatic hydroxyl groups is 1. The van der Waals surface area contributed by atoms with Gasteiger partial charge in [0, 0.05) is 13.0 Å². The quantitative estimate of drug-likeness (QED) is 0.0745. The van der Waals surface area contributed by atoms with Crippen molar-refractivity contribution in [1.82, 2.24) is 10.2 Å². The Morgan fingerprint density at radius 1 is 0.880 bits per heavy atom. The van der Waals surface area contributed by atoms with Crippen LogP contribution < -0.4 is 10.1 Å². The zero-order valence-electron chi connectivity index (χ0n) is 29.1. The maximum atomic E-state index is 13.8. The SMILES string of the molecule is C=CCCC[C@H](Cc1ccccc1)C(=O)OC[C@@H]1CCCN1C(=O)[C@@H](CC=C)CC(=O)N[C@H](CO)Cc1ccc(OCc2ccccc2)cc1. The second-order valence-electron chi connectivity index (χ2n) is 13.1. The van der Waals surface area contributed by atoms with Crippen molar-refractivity contribution in [2.24, 2.45) is 11.8 Å². The van der Waals surface area contributed by atoms with Gasteiger partial charge in [-0.25, -0.2) is 0 Å². The standard InChI is InChI=1S/C42H52N2O6/c1-3-5-8-19-36(26-32-15-9-6-10-16-32)42(48)50-31-38-20-13-25-44(38)41(47)35(14-4-2)28-40(46)43-37(29-45)27-33-21-23-39(24-22-33)49-30-34-17-11-7-12-18-34/h3-4,6-7,9-12,15-18,21-24,35-38,45H,1-2,5,8,13-14,19-20,25-31H2,(H,43,46)/t35-,36+,37-,38-/m0/s1. The number of unbranched alkanes of at least 4 members (excludes halogenated alkanes) is 1. The number of likely N-dealkylation sites (tertiary alicyclic amines) is 1. The van der Waals surface area contributed by atoms with Gasteiger partial charge < -0.3 is 24.8 Å². The molecule has 0 spiro atoms. The lowest BCUT2D eigenvalue weighted by atomic mass is 9.94. The number of hydrogen-bond acceptors (Lipinski definition) is 6. The van der Waals surface area contributed by atoms with Crippen LogP contribution in [-0.2, 0) is 38.6 Å². The zero-order chi connectivity index (χ0) is 35.6. The lowest BCUT2D eigenvalue weighted by molar-refractivity contribution is -0.152. The summed E-state index contributed by atoms with van der Waals surface area (Å²) in [5.74, 6) is -0.837. The van der Waals surface area contributed by atoms with E-state index in [-0.39, 0.29) is 49.4 Å². The summed E-state index contributed by atoms with van der Waals surface area (Å²) in [6, 6.07) is 26.7. The minimum Gasteiger partial charge on any atom is -0.489 e. The third-order valence-electron chi connectivity index (χ3n) is 9.17. The van der Waals surface area contributed by atoms with E-state index >= 15 is 0 Å². The summed E-state index contributed by atoms with van der Waals surface area (Å²) in [4.78, 5) is 42.0. The van der Waals surface area contributed by atoms with Crippen LogP contribution in [0.5, 0.6) is 5.75 Å². The first-order valence-electron chi connectivity index (χ1n) is 17.8. The lowest BCUT2D eigenvalue weighted by Gasteiger charge is -2.29. The fraction of sp³-hybridized carbons (Fsp3) is 0.405. The molecule has 4 rings (SSSR count). The number of carbonyl (C=O) groups is 3. The highest BCUT2D eigenvalue weighted by Crippen LogP contribution is 2.25. The summed E-state index contributed by atoms with van der Waals surface area (Å²) in [5, 5.41) is 13.0. The predicted octanol–water partition coefficient (Wildman–Crippen LogP) is 6.62. The average molecular weight is 681 g/mol. The molecule has 1 aliphatic rings. The molecule has 1 fully saturated rings. The van der Waals surface area contributed by atoms with Crippen molar-refractivity contribution in [2.75, 3.05) is 19.8 Å². The molecule has 0 aliphatic carbocycles. The van der Waals surface area contributed by atoms with Crippen LogP contribution in [0.25, 0.3) is 0 Å². The van der Waals surface area contributed by atoms with Crippen LogP contribution >= 0.6 is 0 Å². The molecule has 4 atom stereocenters. The van der Waals surface area contributed by atoms with Crippen LogP contribution in [0.15, 0.2) is 110 Å². The number of nitrogens with one attached hydrogen (secondary N) is 1. The van der Waals surface area contributed by atoms with Crippen LogP contribution in [0.2, 0.25) is 0 Å². The van der Waals surface area contributed by atoms with Gasteiger partial charge in [-0.1, -0.05) is 84.9 Å². The summed E-state index contributed by atoms with van der Waals surface area (Å²) in [6.45, 7) is 8.53. The number of allylic oxidation sites excluding steroid dienone is 2. The zero-order valence-corrected chi connectivity index (χ0v) is 29.1. The predicted molar refractivity (Wildman–Crippen MR) is 196 cm³/mol. The Labute approximate surface area is 297 Å². The summed E-state index contributed by atoms with van der Waals surface area (Å²) in [7, 11) is 0. The normalized spacial score (nSPS) is 15.8. The van der Waals surface area contributed by atoms with E-state index in [0.29, 0.717) is 38.8 Å². The second-order valence-corrected chi connectivity index (χ2v) is 13.1. The molecule has 8 nitrogen and oxygen atoms in total. The van der Waals surface area contributed by atoms with Crippen molar-refractivity contribution in [1.29, 1.82) is 0 Å². The third kappa shape index (κ3) is 12.3. The first kappa shape index (κ1) is 38.1.